The van der Waals surface area contributed by atoms with Crippen molar-refractivity contribution in [3.63, 3.8) is 0 Å². The van der Waals surface area contributed by atoms with Crippen molar-refractivity contribution in [1.29, 1.82) is 0 Å². The zero-order valence-electron chi connectivity index (χ0n) is 4.96. The fourth-order valence-electron chi connectivity index (χ4n) is 0.556. The second-order valence-electron chi connectivity index (χ2n) is 1.64. The Hall–Kier alpha value is -1.32. The van der Waals surface area contributed by atoms with Gasteiger partial charge in [0.05, 0.1) is 23.9 Å². The van der Waals surface area contributed by atoms with Crippen molar-refractivity contribution in [3.05, 3.63) is 17.7 Å². The molecule has 0 aliphatic carbocycles. The summed E-state index contributed by atoms with van der Waals surface area (Å²) in [6.45, 7) is 1.80. The number of nitrogens with zero attached hydrogens (tertiary/aromatic N) is 2. The van der Waals surface area contributed by atoms with Crippen molar-refractivity contribution in [2.45, 2.75) is 6.92 Å². The molecule has 0 amide bonds. The van der Waals surface area contributed by atoms with Crippen molar-refractivity contribution in [1.82, 2.24) is 9.97 Å². The summed E-state index contributed by atoms with van der Waals surface area (Å²) in [5, 5.41) is 12.3. The molecule has 0 aliphatic rings. The van der Waals surface area contributed by atoms with Gasteiger partial charge in [-0.3, -0.25) is 0 Å². The standard InChI is InChI=1S/C5H6N3O/c1-4-5(2-8-9)7-3-6-4/h2-3H,1H3,(H,6,7). The van der Waals surface area contributed by atoms with Gasteiger partial charge in [0.2, 0.25) is 0 Å². The number of hydrogen-bond acceptors (Lipinski definition) is 2. The van der Waals surface area contributed by atoms with Crippen LogP contribution < -0.4 is 0 Å². The summed E-state index contributed by atoms with van der Waals surface area (Å²) in [5.74, 6) is 0. The largest absolute Gasteiger partial charge is 0.344 e. The van der Waals surface area contributed by atoms with Crippen LogP contribution in [-0.2, 0) is 5.21 Å². The highest BCUT2D eigenvalue weighted by molar-refractivity contribution is 5.77. The molecule has 1 radical (unpaired) electrons. The Morgan fingerprint density at radius 2 is 2.67 bits per heavy atom. The van der Waals surface area contributed by atoms with E-state index < -0.39 is 0 Å². The minimum atomic E-state index is 0.671. The molecule has 0 saturated carbocycles. The van der Waals surface area contributed by atoms with Gasteiger partial charge in [-0.1, -0.05) is 0 Å². The minimum absolute atomic E-state index is 0.671. The first kappa shape index (κ1) is 5.81. The van der Waals surface area contributed by atoms with Gasteiger partial charge in [-0.25, -0.2) is 4.98 Å². The predicted octanol–water partition coefficient (Wildman–Crippen LogP) is 0.483. The second kappa shape index (κ2) is 2.30. The molecule has 0 aromatic carbocycles. The number of hydrogen-bond donors (Lipinski definition) is 1. The van der Waals surface area contributed by atoms with Crippen LogP contribution in [0, 0.1) is 6.92 Å². The Bertz CT molecular complexity index is 216. The van der Waals surface area contributed by atoms with Crippen LogP contribution in [0.2, 0.25) is 0 Å². The van der Waals surface area contributed by atoms with E-state index >= 15 is 0 Å². The fraction of sp³-hybridized carbons (Fsp3) is 0.200. The normalized spacial score (nSPS) is 10.8. The molecule has 0 saturated heterocycles. The molecule has 0 fully saturated rings. The van der Waals surface area contributed by atoms with Gasteiger partial charge in [-0.15, -0.1) is 5.21 Å². The van der Waals surface area contributed by atoms with Crippen molar-refractivity contribution in [2.24, 2.45) is 5.16 Å². The van der Waals surface area contributed by atoms with E-state index in [1.807, 2.05) is 0 Å². The summed E-state index contributed by atoms with van der Waals surface area (Å²) in [4.78, 5) is 6.60. The lowest BCUT2D eigenvalue weighted by atomic mass is 10.4. The van der Waals surface area contributed by atoms with Crippen molar-refractivity contribution < 1.29 is 5.21 Å². The molecule has 1 N–H and O–H groups in total. The molecule has 47 valence electrons. The zero-order valence-corrected chi connectivity index (χ0v) is 4.96. The van der Waals surface area contributed by atoms with Crippen LogP contribution in [-0.4, -0.2) is 16.2 Å². The van der Waals surface area contributed by atoms with Crippen LogP contribution in [0.5, 0.6) is 0 Å². The van der Waals surface area contributed by atoms with E-state index in [9.17, 15) is 5.21 Å². The molecule has 4 nitrogen and oxygen atoms in total. The lowest BCUT2D eigenvalue weighted by molar-refractivity contribution is 0.211. The van der Waals surface area contributed by atoms with Crippen molar-refractivity contribution in [3.8, 4) is 0 Å². The van der Waals surface area contributed by atoms with Gasteiger partial charge in [0, 0.05) is 0 Å². The number of rotatable bonds is 1. The molecule has 4 heteroatoms. The number of imidazole rings is 1. The summed E-state index contributed by atoms with van der Waals surface area (Å²) in [5.41, 5.74) is 1.46. The average Bonchev–Trinajstić information content (AvgIpc) is 2.18. The van der Waals surface area contributed by atoms with E-state index in [2.05, 4.69) is 15.1 Å². The van der Waals surface area contributed by atoms with E-state index in [0.29, 0.717) is 5.69 Å². The Kier molecular flexibility index (Phi) is 1.48. The van der Waals surface area contributed by atoms with Crippen LogP contribution in [0.3, 0.4) is 0 Å². The highest BCUT2D eigenvalue weighted by Crippen LogP contribution is 1.94. The predicted molar refractivity (Wildman–Crippen MR) is 31.6 cm³/mol. The Balaban J connectivity index is 2.94. The highest BCUT2D eigenvalue weighted by atomic mass is 16.4. The number of aryl methyl sites for hydroxylation is 1. The lowest BCUT2D eigenvalue weighted by Crippen LogP contribution is -1.82. The van der Waals surface area contributed by atoms with Gasteiger partial charge in [-0.2, -0.15) is 0 Å². The maximum Gasteiger partial charge on any atom is 0.0968 e. The average molecular weight is 124 g/mol. The molecular weight excluding hydrogens is 118 g/mol. The van der Waals surface area contributed by atoms with E-state index in [1.54, 1.807) is 6.92 Å². The highest BCUT2D eigenvalue weighted by Gasteiger charge is 1.93. The van der Waals surface area contributed by atoms with Gasteiger partial charge in [0.15, 0.2) is 0 Å². The van der Waals surface area contributed by atoms with E-state index in [-0.39, 0.29) is 0 Å². The van der Waals surface area contributed by atoms with Gasteiger partial charge >= 0.3 is 0 Å². The molecular formula is C5H6N3O. The van der Waals surface area contributed by atoms with Crippen LogP contribution >= 0.6 is 0 Å². The first-order valence-corrected chi connectivity index (χ1v) is 2.50. The molecule has 0 atom stereocenters. The van der Waals surface area contributed by atoms with Gasteiger partial charge in [0.25, 0.3) is 0 Å². The molecule has 0 bridgehead atoms. The number of H-pyrrole nitrogens is 1. The van der Waals surface area contributed by atoms with E-state index in [4.69, 9.17) is 0 Å². The quantitative estimate of drug-likeness (QED) is 0.429. The monoisotopic (exact) mass is 124 g/mol. The first-order valence-electron chi connectivity index (χ1n) is 2.50. The maximum absolute atomic E-state index is 9.67. The molecule has 1 aromatic heterocycles. The Morgan fingerprint density at radius 3 is 3.11 bits per heavy atom. The maximum atomic E-state index is 9.67. The lowest BCUT2D eigenvalue weighted by Gasteiger charge is -1.81. The molecule has 0 unspecified atom stereocenters. The Morgan fingerprint density at radius 1 is 1.89 bits per heavy atom. The summed E-state index contributed by atoms with van der Waals surface area (Å²) in [7, 11) is 0. The molecule has 9 heavy (non-hydrogen) atoms. The van der Waals surface area contributed by atoms with Crippen LogP contribution in [0.1, 0.15) is 11.4 Å². The third-order valence-corrected chi connectivity index (χ3v) is 1.05. The molecule has 0 spiro atoms. The number of nitrogens with one attached hydrogen (secondary N) is 1. The van der Waals surface area contributed by atoms with Gasteiger partial charge in [-0.05, 0) is 12.1 Å². The summed E-state index contributed by atoms with van der Waals surface area (Å²) >= 11 is 0. The minimum Gasteiger partial charge on any atom is -0.344 e. The first-order chi connectivity index (χ1) is 4.34. The topological polar surface area (TPSA) is 60.9 Å². The van der Waals surface area contributed by atoms with Gasteiger partial charge in [0.1, 0.15) is 0 Å². The third-order valence-electron chi connectivity index (χ3n) is 1.05. The van der Waals surface area contributed by atoms with Crippen molar-refractivity contribution in [2.75, 3.05) is 0 Å². The van der Waals surface area contributed by atoms with Crippen LogP contribution in [0.4, 0.5) is 0 Å². The summed E-state index contributed by atoms with van der Waals surface area (Å²) in [6.07, 6.45) is 2.72. The smallest absolute Gasteiger partial charge is 0.0968 e. The van der Waals surface area contributed by atoms with E-state index in [0.717, 1.165) is 5.69 Å². The molecule has 1 aromatic rings. The van der Waals surface area contributed by atoms with Crippen LogP contribution in [0.25, 0.3) is 0 Å². The summed E-state index contributed by atoms with van der Waals surface area (Å²) < 4.78 is 0. The molecule has 0 aliphatic heterocycles. The summed E-state index contributed by atoms with van der Waals surface area (Å²) in [6, 6.07) is 0. The zero-order chi connectivity index (χ0) is 6.69. The fourth-order valence-corrected chi connectivity index (χ4v) is 0.556. The number of aromatic nitrogens is 2. The van der Waals surface area contributed by atoms with Gasteiger partial charge < -0.3 is 4.98 Å². The van der Waals surface area contributed by atoms with Crippen LogP contribution in [0.15, 0.2) is 11.5 Å². The molecule has 1 heterocycles. The van der Waals surface area contributed by atoms with E-state index in [1.165, 1.54) is 12.5 Å². The van der Waals surface area contributed by atoms with Crippen molar-refractivity contribution >= 4 is 6.21 Å². The molecule has 1 rings (SSSR count). The Labute approximate surface area is 52.2 Å². The SMILES string of the molecule is Cc1nc[nH]c1C=N[O]. The third kappa shape index (κ3) is 1.07. The second-order valence-corrected chi connectivity index (χ2v) is 1.64. The number of aromatic amines is 1.